The van der Waals surface area contributed by atoms with E-state index >= 15 is 0 Å². The van der Waals surface area contributed by atoms with Gasteiger partial charge >= 0.3 is 0 Å². The molecule has 1 aliphatic carbocycles. The Morgan fingerprint density at radius 1 is 1.00 bits per heavy atom. The molecule has 1 saturated carbocycles. The second-order valence-electron chi connectivity index (χ2n) is 8.30. The van der Waals surface area contributed by atoms with Gasteiger partial charge in [0.05, 0.1) is 0 Å². The van der Waals surface area contributed by atoms with E-state index in [2.05, 4.69) is 66.4 Å². The van der Waals surface area contributed by atoms with E-state index in [1.165, 1.54) is 46.7 Å². The number of halogens is 1. The van der Waals surface area contributed by atoms with Gasteiger partial charge in [-0.05, 0) is 96.9 Å². The van der Waals surface area contributed by atoms with Gasteiger partial charge in [-0.1, -0.05) is 30.7 Å². The molecule has 1 nitrogen and oxygen atoms in total. The summed E-state index contributed by atoms with van der Waals surface area (Å²) < 4.78 is 2.37. The fourth-order valence-corrected chi connectivity index (χ4v) is 5.89. The molecule has 0 radical (unpaired) electrons. The third kappa shape index (κ3) is 3.11. The van der Waals surface area contributed by atoms with Gasteiger partial charge in [0.15, 0.2) is 0 Å². The maximum absolute atomic E-state index is 6.53. The molecule has 2 atom stereocenters. The van der Waals surface area contributed by atoms with Gasteiger partial charge in [0.1, 0.15) is 0 Å². The zero-order valence-corrected chi connectivity index (χ0v) is 18.1. The van der Waals surface area contributed by atoms with E-state index in [1.807, 2.05) is 17.8 Å². The number of hydrogen-bond donors (Lipinski definition) is 0. The SMILES string of the molecule is CSc1cccc([C@@H]2c3cc(Cl)ccc3-n3cccc3CCC2C)c1C1CC1. The molecule has 2 aliphatic rings. The first-order valence-corrected chi connectivity index (χ1v) is 11.9. The summed E-state index contributed by atoms with van der Waals surface area (Å²) in [6, 6.07) is 17.8. The molecule has 3 heteroatoms. The monoisotopic (exact) mass is 407 g/mol. The van der Waals surface area contributed by atoms with Crippen molar-refractivity contribution in [1.82, 2.24) is 4.57 Å². The Kier molecular flexibility index (Phi) is 4.80. The normalized spacial score (nSPS) is 21.5. The molecular formula is C25H26ClNS. The second kappa shape index (κ2) is 7.31. The average molecular weight is 408 g/mol. The van der Waals surface area contributed by atoms with E-state index in [4.69, 9.17) is 11.6 Å². The van der Waals surface area contributed by atoms with E-state index in [0.717, 1.165) is 17.4 Å². The minimum absolute atomic E-state index is 0.381. The largest absolute Gasteiger partial charge is 0.321 e. The summed E-state index contributed by atoms with van der Waals surface area (Å²) in [5.41, 5.74) is 7.19. The summed E-state index contributed by atoms with van der Waals surface area (Å²) in [4.78, 5) is 1.46. The number of nitrogens with zero attached hydrogens (tertiary/aromatic N) is 1. The molecule has 0 bridgehead atoms. The van der Waals surface area contributed by atoms with Crippen molar-refractivity contribution in [2.75, 3.05) is 6.26 Å². The quantitative estimate of drug-likeness (QED) is 0.408. The molecular weight excluding hydrogens is 382 g/mol. The van der Waals surface area contributed by atoms with Crippen molar-refractivity contribution in [3.63, 3.8) is 0 Å². The first-order valence-electron chi connectivity index (χ1n) is 10.3. The van der Waals surface area contributed by atoms with Crippen LogP contribution in [0.4, 0.5) is 0 Å². The molecule has 1 aromatic heterocycles. The summed E-state index contributed by atoms with van der Waals surface area (Å²) >= 11 is 8.43. The first-order chi connectivity index (χ1) is 13.7. The smallest absolute Gasteiger partial charge is 0.0491 e. The van der Waals surface area contributed by atoms with Crippen molar-refractivity contribution in [2.24, 2.45) is 5.92 Å². The zero-order valence-electron chi connectivity index (χ0n) is 16.5. The number of fused-ring (bicyclic) bond motifs is 3. The maximum atomic E-state index is 6.53. The number of benzene rings is 2. The van der Waals surface area contributed by atoms with Gasteiger partial charge in [0.2, 0.25) is 0 Å². The minimum Gasteiger partial charge on any atom is -0.321 e. The molecule has 1 aliphatic heterocycles. The molecule has 0 spiro atoms. The first kappa shape index (κ1) is 18.4. The number of rotatable bonds is 3. The Morgan fingerprint density at radius 2 is 1.86 bits per heavy atom. The van der Waals surface area contributed by atoms with E-state index in [9.17, 15) is 0 Å². The molecule has 3 aromatic rings. The predicted molar refractivity (Wildman–Crippen MR) is 120 cm³/mol. The van der Waals surface area contributed by atoms with Crippen LogP contribution in [0.1, 0.15) is 60.4 Å². The Balaban J connectivity index is 1.76. The standard InChI is InChI=1S/C25H26ClNS/c1-16-8-12-19-5-4-14-27(19)22-13-11-18(26)15-21(22)24(16)20-6-3-7-23(28-2)25(20)17-9-10-17/h3-7,11,13-17,24H,8-10,12H2,1-2H3/t16?,24-/m1/s1. The van der Waals surface area contributed by atoms with Gasteiger partial charge in [0, 0.05) is 33.4 Å². The molecule has 0 N–H and O–H groups in total. The molecule has 2 heterocycles. The molecule has 1 fully saturated rings. The summed E-state index contributed by atoms with van der Waals surface area (Å²) in [5.74, 6) is 1.68. The third-order valence-corrected chi connectivity index (χ3v) is 7.51. The molecule has 28 heavy (non-hydrogen) atoms. The van der Waals surface area contributed by atoms with Crippen LogP contribution >= 0.6 is 23.4 Å². The summed E-state index contributed by atoms with van der Waals surface area (Å²) in [6.45, 7) is 2.43. The van der Waals surface area contributed by atoms with E-state index in [-0.39, 0.29) is 0 Å². The summed E-state index contributed by atoms with van der Waals surface area (Å²) in [5, 5.41) is 0.833. The third-order valence-electron chi connectivity index (χ3n) is 6.48. The van der Waals surface area contributed by atoms with Gasteiger partial charge in [0.25, 0.3) is 0 Å². The Morgan fingerprint density at radius 3 is 2.64 bits per heavy atom. The van der Waals surface area contributed by atoms with Crippen molar-refractivity contribution in [3.8, 4) is 5.69 Å². The lowest BCUT2D eigenvalue weighted by molar-refractivity contribution is 0.459. The lowest BCUT2D eigenvalue weighted by atomic mass is 9.75. The van der Waals surface area contributed by atoms with Gasteiger partial charge in [-0.3, -0.25) is 0 Å². The molecule has 0 saturated heterocycles. The molecule has 144 valence electrons. The number of hydrogen-bond acceptors (Lipinski definition) is 1. The highest BCUT2D eigenvalue weighted by atomic mass is 35.5. The van der Waals surface area contributed by atoms with Crippen LogP contribution in [-0.2, 0) is 6.42 Å². The molecule has 2 aromatic carbocycles. The Bertz CT molecular complexity index is 1020. The van der Waals surface area contributed by atoms with Crippen LogP contribution in [0.25, 0.3) is 5.69 Å². The molecule has 0 amide bonds. The Hall–Kier alpha value is -1.64. The van der Waals surface area contributed by atoms with Crippen LogP contribution in [0.15, 0.2) is 59.6 Å². The zero-order chi connectivity index (χ0) is 19.3. The van der Waals surface area contributed by atoms with Crippen LogP contribution in [0.2, 0.25) is 5.02 Å². The highest BCUT2D eigenvalue weighted by molar-refractivity contribution is 7.98. The van der Waals surface area contributed by atoms with Gasteiger partial charge in [-0.15, -0.1) is 11.8 Å². The van der Waals surface area contributed by atoms with Crippen molar-refractivity contribution in [1.29, 1.82) is 0 Å². The van der Waals surface area contributed by atoms with Gasteiger partial charge in [-0.25, -0.2) is 0 Å². The van der Waals surface area contributed by atoms with Crippen molar-refractivity contribution in [2.45, 2.75) is 49.3 Å². The maximum Gasteiger partial charge on any atom is 0.0491 e. The fourth-order valence-electron chi connectivity index (χ4n) is 4.99. The molecule has 1 unspecified atom stereocenters. The summed E-state index contributed by atoms with van der Waals surface area (Å²) in [7, 11) is 0. The van der Waals surface area contributed by atoms with Crippen molar-refractivity contribution >= 4 is 23.4 Å². The van der Waals surface area contributed by atoms with Crippen molar-refractivity contribution in [3.05, 3.63) is 82.1 Å². The van der Waals surface area contributed by atoms with Crippen molar-refractivity contribution < 1.29 is 0 Å². The lowest BCUT2D eigenvalue weighted by Gasteiger charge is -2.32. The Labute approximate surface area is 177 Å². The highest BCUT2D eigenvalue weighted by Crippen LogP contribution is 2.50. The minimum atomic E-state index is 0.381. The lowest BCUT2D eigenvalue weighted by Crippen LogP contribution is -2.20. The van der Waals surface area contributed by atoms with Crippen LogP contribution in [0, 0.1) is 5.92 Å². The fraction of sp³-hybridized carbons (Fsp3) is 0.360. The van der Waals surface area contributed by atoms with E-state index in [0.29, 0.717) is 11.8 Å². The van der Waals surface area contributed by atoms with Gasteiger partial charge < -0.3 is 4.57 Å². The molecule has 5 rings (SSSR count). The van der Waals surface area contributed by atoms with Crippen LogP contribution in [-0.4, -0.2) is 10.8 Å². The number of aryl methyl sites for hydroxylation is 1. The average Bonchev–Trinajstić information content (AvgIpc) is 3.43. The van der Waals surface area contributed by atoms with E-state index < -0.39 is 0 Å². The van der Waals surface area contributed by atoms with Crippen LogP contribution in [0.5, 0.6) is 0 Å². The van der Waals surface area contributed by atoms with Gasteiger partial charge in [-0.2, -0.15) is 0 Å². The van der Waals surface area contributed by atoms with E-state index in [1.54, 1.807) is 5.56 Å². The topological polar surface area (TPSA) is 4.93 Å². The number of aromatic nitrogens is 1. The highest BCUT2D eigenvalue weighted by Gasteiger charge is 2.34. The summed E-state index contributed by atoms with van der Waals surface area (Å²) in [6.07, 6.45) is 9.38. The predicted octanol–water partition coefficient (Wildman–Crippen LogP) is 7.44. The van der Waals surface area contributed by atoms with Crippen LogP contribution in [0.3, 0.4) is 0 Å². The number of thioether (sulfide) groups is 1. The van der Waals surface area contributed by atoms with Crippen LogP contribution < -0.4 is 0 Å². The second-order valence-corrected chi connectivity index (χ2v) is 9.59.